The maximum absolute atomic E-state index is 11.2. The molecule has 0 aromatic carbocycles. The van der Waals surface area contributed by atoms with E-state index in [-0.39, 0.29) is 36.8 Å². The van der Waals surface area contributed by atoms with Crippen molar-refractivity contribution < 1.29 is 28.8 Å². The zero-order valence-electron chi connectivity index (χ0n) is 9.64. The molecule has 1 aliphatic rings. The summed E-state index contributed by atoms with van der Waals surface area (Å²) < 4.78 is 4.71. The van der Waals surface area contributed by atoms with E-state index in [1.807, 2.05) is 0 Å². The Morgan fingerprint density at radius 1 is 1.28 bits per heavy atom. The largest absolute Gasteiger partial charge is 0.368 e. The summed E-state index contributed by atoms with van der Waals surface area (Å²) >= 11 is 0. The maximum Gasteiger partial charge on any atom is 0.350 e. The zero-order chi connectivity index (χ0) is 13.5. The van der Waals surface area contributed by atoms with Crippen LogP contribution >= 0.6 is 0 Å². The van der Waals surface area contributed by atoms with E-state index in [9.17, 15) is 19.2 Å². The monoisotopic (exact) mass is 255 g/mol. The van der Waals surface area contributed by atoms with Crippen LogP contribution in [0.25, 0.3) is 0 Å². The molecule has 1 saturated carbocycles. The molecule has 0 aromatic rings. The van der Waals surface area contributed by atoms with Crippen LogP contribution in [0, 0.1) is 0 Å². The summed E-state index contributed by atoms with van der Waals surface area (Å²) in [5.41, 5.74) is 2.10. The van der Waals surface area contributed by atoms with E-state index in [1.54, 1.807) is 0 Å². The number of carbonyl (C=O) groups is 4. The second-order valence-corrected chi connectivity index (χ2v) is 3.62. The first-order chi connectivity index (χ1) is 8.54. The second kappa shape index (κ2) is 6.77. The molecule has 1 aliphatic carbocycles. The van der Waals surface area contributed by atoms with Gasteiger partial charge in [0.05, 0.1) is 0 Å². The molecule has 0 heterocycles. The van der Waals surface area contributed by atoms with Crippen molar-refractivity contribution in [1.82, 2.24) is 5.48 Å². The standard InChI is InChI=1S/C11H13NO6/c1-2-7(13)5-17-6-10(16)18-12-11-8(14)3-4-9(11)15/h2,11-12H,1,3-6H2. The van der Waals surface area contributed by atoms with Gasteiger partial charge in [0.25, 0.3) is 0 Å². The van der Waals surface area contributed by atoms with Gasteiger partial charge in [0.15, 0.2) is 23.4 Å². The topological polar surface area (TPSA) is 98.8 Å². The summed E-state index contributed by atoms with van der Waals surface area (Å²) in [5.74, 6) is -1.80. The van der Waals surface area contributed by atoms with Crippen molar-refractivity contribution in [3.05, 3.63) is 12.7 Å². The highest BCUT2D eigenvalue weighted by Crippen LogP contribution is 2.10. The van der Waals surface area contributed by atoms with Gasteiger partial charge in [-0.25, -0.2) is 4.79 Å². The Hall–Kier alpha value is -1.86. The van der Waals surface area contributed by atoms with Gasteiger partial charge in [-0.05, 0) is 6.08 Å². The minimum atomic E-state index is -1.08. The molecule has 7 nitrogen and oxygen atoms in total. The maximum atomic E-state index is 11.2. The minimum absolute atomic E-state index is 0.151. The Bertz CT molecular complexity index is 373. The van der Waals surface area contributed by atoms with E-state index in [4.69, 9.17) is 4.74 Å². The molecule has 0 unspecified atom stereocenters. The van der Waals surface area contributed by atoms with E-state index >= 15 is 0 Å². The van der Waals surface area contributed by atoms with Crippen molar-refractivity contribution in [3.63, 3.8) is 0 Å². The first-order valence-corrected chi connectivity index (χ1v) is 5.28. The number of ketones is 3. The summed E-state index contributed by atoms with van der Waals surface area (Å²) in [6.45, 7) is 2.50. The van der Waals surface area contributed by atoms with Crippen molar-refractivity contribution in [2.45, 2.75) is 18.9 Å². The summed E-state index contributed by atoms with van der Waals surface area (Å²) in [4.78, 5) is 48.7. The van der Waals surface area contributed by atoms with Gasteiger partial charge >= 0.3 is 5.97 Å². The van der Waals surface area contributed by atoms with Gasteiger partial charge < -0.3 is 9.57 Å². The number of hydrogen-bond donors (Lipinski definition) is 1. The molecule has 0 amide bonds. The van der Waals surface area contributed by atoms with Crippen molar-refractivity contribution in [2.24, 2.45) is 0 Å². The molecule has 0 aromatic heterocycles. The molecule has 1 N–H and O–H groups in total. The third kappa shape index (κ3) is 4.19. The second-order valence-electron chi connectivity index (χ2n) is 3.62. The first kappa shape index (κ1) is 14.2. The summed E-state index contributed by atoms with van der Waals surface area (Å²) in [6.07, 6.45) is 1.37. The van der Waals surface area contributed by atoms with Gasteiger partial charge in [-0.15, -0.1) is 5.48 Å². The van der Waals surface area contributed by atoms with E-state index in [1.165, 1.54) is 0 Å². The molecule has 0 spiro atoms. The van der Waals surface area contributed by atoms with Gasteiger partial charge in [0.1, 0.15) is 13.2 Å². The predicted molar refractivity (Wildman–Crippen MR) is 58.3 cm³/mol. The third-order valence-electron chi connectivity index (χ3n) is 2.24. The Morgan fingerprint density at radius 3 is 2.44 bits per heavy atom. The lowest BCUT2D eigenvalue weighted by atomic mass is 10.2. The molecule has 1 fully saturated rings. The number of ether oxygens (including phenoxy) is 1. The van der Waals surface area contributed by atoms with E-state index in [2.05, 4.69) is 16.9 Å². The van der Waals surface area contributed by atoms with Crippen molar-refractivity contribution in [1.29, 1.82) is 0 Å². The predicted octanol–water partition coefficient (Wildman–Crippen LogP) is -0.894. The molecule has 98 valence electrons. The lowest BCUT2D eigenvalue weighted by Crippen LogP contribution is -2.40. The molecule has 0 atom stereocenters. The number of carbonyl (C=O) groups excluding carboxylic acids is 4. The van der Waals surface area contributed by atoms with Crippen LogP contribution in [-0.4, -0.2) is 42.6 Å². The van der Waals surface area contributed by atoms with Gasteiger partial charge in [0, 0.05) is 12.8 Å². The first-order valence-electron chi connectivity index (χ1n) is 5.28. The average Bonchev–Trinajstić information content (AvgIpc) is 2.66. The number of Topliss-reactive ketones (excluding diaryl/α,β-unsaturated/α-hetero) is 2. The highest BCUT2D eigenvalue weighted by molar-refractivity contribution is 6.12. The van der Waals surface area contributed by atoms with E-state index < -0.39 is 18.6 Å². The molecule has 0 aliphatic heterocycles. The Labute approximate surface area is 103 Å². The molecule has 1 rings (SSSR count). The molecular formula is C11H13NO6. The van der Waals surface area contributed by atoms with E-state index in [0.29, 0.717) is 0 Å². The Kier molecular flexibility index (Phi) is 5.34. The minimum Gasteiger partial charge on any atom is -0.368 e. The van der Waals surface area contributed by atoms with Crippen molar-refractivity contribution >= 4 is 23.3 Å². The smallest absolute Gasteiger partial charge is 0.350 e. The average molecular weight is 255 g/mol. The van der Waals surface area contributed by atoms with Crippen LogP contribution in [0.3, 0.4) is 0 Å². The van der Waals surface area contributed by atoms with Crippen LogP contribution in [0.1, 0.15) is 12.8 Å². The molecule has 7 heteroatoms. The highest BCUT2D eigenvalue weighted by atomic mass is 16.7. The van der Waals surface area contributed by atoms with Crippen LogP contribution in [0.2, 0.25) is 0 Å². The molecule has 18 heavy (non-hydrogen) atoms. The molecule has 0 saturated heterocycles. The number of nitrogens with one attached hydrogen (secondary N) is 1. The summed E-state index contributed by atoms with van der Waals surface area (Å²) in [6, 6.07) is -1.08. The fourth-order valence-corrected chi connectivity index (χ4v) is 1.29. The SMILES string of the molecule is C=CC(=O)COCC(=O)ONC1C(=O)CCC1=O. The van der Waals surface area contributed by atoms with Gasteiger partial charge in [0.2, 0.25) is 0 Å². The number of hydroxylamine groups is 1. The van der Waals surface area contributed by atoms with Crippen LogP contribution in [0.5, 0.6) is 0 Å². The van der Waals surface area contributed by atoms with Gasteiger partial charge in [-0.3, -0.25) is 14.4 Å². The lowest BCUT2D eigenvalue weighted by molar-refractivity contribution is -0.159. The summed E-state index contributed by atoms with van der Waals surface area (Å²) in [7, 11) is 0. The Morgan fingerprint density at radius 2 is 1.89 bits per heavy atom. The van der Waals surface area contributed by atoms with Crippen LogP contribution in [0.4, 0.5) is 0 Å². The molecule has 0 bridgehead atoms. The van der Waals surface area contributed by atoms with Crippen molar-refractivity contribution in [3.8, 4) is 0 Å². The molecular weight excluding hydrogens is 242 g/mol. The normalized spacial score (nSPS) is 15.8. The third-order valence-corrected chi connectivity index (χ3v) is 2.24. The lowest BCUT2D eigenvalue weighted by Gasteiger charge is -2.09. The quantitative estimate of drug-likeness (QED) is 0.358. The van der Waals surface area contributed by atoms with Crippen LogP contribution in [0.15, 0.2) is 12.7 Å². The highest BCUT2D eigenvalue weighted by Gasteiger charge is 2.33. The van der Waals surface area contributed by atoms with Crippen LogP contribution in [-0.2, 0) is 28.8 Å². The Balaban J connectivity index is 2.21. The fourth-order valence-electron chi connectivity index (χ4n) is 1.29. The molecule has 0 radical (unpaired) electrons. The van der Waals surface area contributed by atoms with Gasteiger partial charge in [-0.1, -0.05) is 6.58 Å². The number of rotatable bonds is 7. The zero-order valence-corrected chi connectivity index (χ0v) is 9.64. The summed E-state index contributed by atoms with van der Waals surface area (Å²) in [5, 5.41) is 0. The fraction of sp³-hybridized carbons (Fsp3) is 0.455. The van der Waals surface area contributed by atoms with Crippen molar-refractivity contribution in [2.75, 3.05) is 13.2 Å². The van der Waals surface area contributed by atoms with E-state index in [0.717, 1.165) is 6.08 Å². The number of hydrogen-bond acceptors (Lipinski definition) is 7. The van der Waals surface area contributed by atoms with Crippen LogP contribution < -0.4 is 5.48 Å². The van der Waals surface area contributed by atoms with Gasteiger partial charge in [-0.2, -0.15) is 0 Å².